The first kappa shape index (κ1) is 21.2. The first-order valence-corrected chi connectivity index (χ1v) is 11.6. The third-order valence-corrected chi connectivity index (χ3v) is 7.39. The van der Waals surface area contributed by atoms with Crippen molar-refractivity contribution in [1.29, 1.82) is 0 Å². The maximum absolute atomic E-state index is 12.8. The number of anilines is 1. The molecule has 0 N–H and O–H groups in total. The standard InChI is InChI=1S/C24H36N4O2/c1-4-7-22(29)27-14-10-19(11-15-27)26-16-12-24(13-17-26)18-28(23(30)25(2)3)21-9-6-5-8-20(21)24/h5-6,8-9,19H,4,7,10-18H2,1-3H3. The number of rotatable bonds is 3. The van der Waals surface area contributed by atoms with E-state index in [4.69, 9.17) is 0 Å². The third-order valence-electron chi connectivity index (χ3n) is 7.39. The number of fused-ring (bicyclic) bond motifs is 2. The second kappa shape index (κ2) is 8.58. The highest BCUT2D eigenvalue weighted by Gasteiger charge is 2.47. The molecule has 1 aromatic rings. The first-order valence-electron chi connectivity index (χ1n) is 11.6. The van der Waals surface area contributed by atoms with Gasteiger partial charge in [-0.3, -0.25) is 9.69 Å². The molecule has 0 unspecified atom stereocenters. The Morgan fingerprint density at radius 1 is 1.07 bits per heavy atom. The van der Waals surface area contributed by atoms with Crippen molar-refractivity contribution >= 4 is 17.6 Å². The molecule has 3 aliphatic rings. The third kappa shape index (κ3) is 3.82. The first-order chi connectivity index (χ1) is 14.4. The predicted octanol–water partition coefficient (Wildman–Crippen LogP) is 3.31. The molecule has 6 heteroatoms. The summed E-state index contributed by atoms with van der Waals surface area (Å²) in [7, 11) is 3.66. The summed E-state index contributed by atoms with van der Waals surface area (Å²) in [6, 6.07) is 9.14. The average Bonchev–Trinajstić information content (AvgIpc) is 3.08. The molecule has 2 fully saturated rings. The molecule has 1 spiro atoms. The second-order valence-corrected chi connectivity index (χ2v) is 9.46. The monoisotopic (exact) mass is 412 g/mol. The molecule has 0 bridgehead atoms. The molecule has 2 saturated heterocycles. The van der Waals surface area contributed by atoms with E-state index in [0.29, 0.717) is 18.4 Å². The Balaban J connectivity index is 1.40. The lowest BCUT2D eigenvalue weighted by atomic mass is 9.74. The fourth-order valence-corrected chi connectivity index (χ4v) is 5.64. The number of benzene rings is 1. The van der Waals surface area contributed by atoms with E-state index in [1.807, 2.05) is 25.1 Å². The number of hydrogen-bond acceptors (Lipinski definition) is 3. The maximum Gasteiger partial charge on any atom is 0.323 e. The van der Waals surface area contributed by atoms with E-state index in [2.05, 4.69) is 34.9 Å². The molecule has 0 aliphatic carbocycles. The predicted molar refractivity (Wildman–Crippen MR) is 120 cm³/mol. The van der Waals surface area contributed by atoms with Gasteiger partial charge in [-0.1, -0.05) is 25.1 Å². The van der Waals surface area contributed by atoms with Crippen LogP contribution in [0.2, 0.25) is 0 Å². The van der Waals surface area contributed by atoms with Gasteiger partial charge in [0.05, 0.1) is 0 Å². The summed E-state index contributed by atoms with van der Waals surface area (Å²) >= 11 is 0. The van der Waals surface area contributed by atoms with Gasteiger partial charge in [0.25, 0.3) is 0 Å². The summed E-state index contributed by atoms with van der Waals surface area (Å²) in [4.78, 5) is 33.3. The van der Waals surface area contributed by atoms with Crippen molar-refractivity contribution in [3.05, 3.63) is 29.8 Å². The molecule has 3 aliphatic heterocycles. The quantitative estimate of drug-likeness (QED) is 0.765. The number of carbonyl (C=O) groups is 2. The lowest BCUT2D eigenvalue weighted by Crippen LogP contribution is -2.52. The Hall–Kier alpha value is -2.08. The van der Waals surface area contributed by atoms with Crippen LogP contribution in [0.1, 0.15) is 51.0 Å². The smallest absolute Gasteiger partial charge is 0.323 e. The summed E-state index contributed by atoms with van der Waals surface area (Å²) in [6.45, 7) is 6.82. The molecule has 0 saturated carbocycles. The summed E-state index contributed by atoms with van der Waals surface area (Å²) in [6.07, 6.45) is 5.97. The zero-order valence-electron chi connectivity index (χ0n) is 18.8. The van der Waals surface area contributed by atoms with Crippen LogP contribution in [0.4, 0.5) is 10.5 Å². The van der Waals surface area contributed by atoms with Crippen molar-refractivity contribution in [2.24, 2.45) is 0 Å². The Kier molecular flexibility index (Phi) is 6.05. The van der Waals surface area contributed by atoms with E-state index in [9.17, 15) is 9.59 Å². The Morgan fingerprint density at radius 3 is 2.37 bits per heavy atom. The van der Waals surface area contributed by atoms with Gasteiger partial charge in [0.1, 0.15) is 0 Å². The van der Waals surface area contributed by atoms with Gasteiger partial charge in [0.2, 0.25) is 5.91 Å². The van der Waals surface area contributed by atoms with Crippen LogP contribution in [-0.2, 0) is 10.2 Å². The molecule has 0 atom stereocenters. The number of hydrogen-bond donors (Lipinski definition) is 0. The highest BCUT2D eigenvalue weighted by molar-refractivity contribution is 5.95. The highest BCUT2D eigenvalue weighted by Crippen LogP contribution is 2.47. The molecule has 164 valence electrons. The fraction of sp³-hybridized carbons (Fsp3) is 0.667. The van der Waals surface area contributed by atoms with Gasteiger partial charge in [-0.05, 0) is 56.8 Å². The van der Waals surface area contributed by atoms with Gasteiger partial charge >= 0.3 is 6.03 Å². The van der Waals surface area contributed by atoms with Crippen LogP contribution in [0.5, 0.6) is 0 Å². The average molecular weight is 413 g/mol. The molecule has 4 rings (SSSR count). The molecular weight excluding hydrogens is 376 g/mol. The lowest BCUT2D eigenvalue weighted by molar-refractivity contribution is -0.132. The highest BCUT2D eigenvalue weighted by atomic mass is 16.2. The van der Waals surface area contributed by atoms with E-state index in [1.54, 1.807) is 4.90 Å². The molecule has 3 amide bonds. The Morgan fingerprint density at radius 2 is 1.73 bits per heavy atom. The Labute approximate surface area is 180 Å². The summed E-state index contributed by atoms with van der Waals surface area (Å²) in [5, 5.41) is 0. The van der Waals surface area contributed by atoms with E-state index in [0.717, 1.165) is 70.5 Å². The van der Waals surface area contributed by atoms with Gasteiger partial charge < -0.3 is 14.7 Å². The van der Waals surface area contributed by atoms with Gasteiger partial charge in [-0.25, -0.2) is 4.79 Å². The van der Waals surface area contributed by atoms with Crippen LogP contribution in [0.3, 0.4) is 0 Å². The molecule has 0 aromatic heterocycles. The van der Waals surface area contributed by atoms with Crippen LogP contribution in [0.25, 0.3) is 0 Å². The molecule has 1 aromatic carbocycles. The van der Waals surface area contributed by atoms with Gasteiger partial charge in [-0.2, -0.15) is 0 Å². The van der Waals surface area contributed by atoms with Gasteiger partial charge in [0, 0.05) is 57.3 Å². The molecular formula is C24H36N4O2. The maximum atomic E-state index is 12.8. The normalized spacial score (nSPS) is 21.7. The molecule has 30 heavy (non-hydrogen) atoms. The molecule has 0 radical (unpaired) electrons. The minimum atomic E-state index is 0.0749. The summed E-state index contributed by atoms with van der Waals surface area (Å²) in [5.41, 5.74) is 2.52. The number of para-hydroxylation sites is 1. The zero-order valence-corrected chi connectivity index (χ0v) is 18.8. The number of nitrogens with zero attached hydrogens (tertiary/aromatic N) is 4. The minimum absolute atomic E-state index is 0.0749. The number of likely N-dealkylation sites (tertiary alicyclic amines) is 2. The van der Waals surface area contributed by atoms with Crippen LogP contribution in [0.15, 0.2) is 24.3 Å². The zero-order chi connectivity index (χ0) is 21.3. The van der Waals surface area contributed by atoms with Crippen molar-refractivity contribution in [1.82, 2.24) is 14.7 Å². The van der Waals surface area contributed by atoms with Crippen molar-refractivity contribution in [2.75, 3.05) is 51.7 Å². The number of piperidine rings is 2. The topological polar surface area (TPSA) is 47.1 Å². The van der Waals surface area contributed by atoms with Crippen molar-refractivity contribution in [3.63, 3.8) is 0 Å². The summed E-state index contributed by atoms with van der Waals surface area (Å²) < 4.78 is 0. The summed E-state index contributed by atoms with van der Waals surface area (Å²) in [5.74, 6) is 0.321. The SMILES string of the molecule is CCCC(=O)N1CCC(N2CCC3(CC2)CN(C(=O)N(C)C)c2ccccc23)CC1. The molecule has 6 nitrogen and oxygen atoms in total. The largest absolute Gasteiger partial charge is 0.343 e. The fourth-order valence-electron chi connectivity index (χ4n) is 5.64. The van der Waals surface area contributed by atoms with Crippen LogP contribution >= 0.6 is 0 Å². The van der Waals surface area contributed by atoms with Crippen molar-refractivity contribution in [3.8, 4) is 0 Å². The lowest BCUT2D eigenvalue weighted by Gasteiger charge is -2.45. The Bertz CT molecular complexity index is 777. The number of amides is 3. The van der Waals surface area contributed by atoms with Gasteiger partial charge in [0.15, 0.2) is 0 Å². The van der Waals surface area contributed by atoms with Crippen molar-refractivity contribution in [2.45, 2.75) is 56.9 Å². The second-order valence-electron chi connectivity index (χ2n) is 9.46. The van der Waals surface area contributed by atoms with E-state index in [1.165, 1.54) is 5.56 Å². The van der Waals surface area contributed by atoms with Crippen molar-refractivity contribution < 1.29 is 9.59 Å². The van der Waals surface area contributed by atoms with Crippen LogP contribution in [0, 0.1) is 0 Å². The number of urea groups is 1. The minimum Gasteiger partial charge on any atom is -0.343 e. The molecule has 3 heterocycles. The van der Waals surface area contributed by atoms with E-state index >= 15 is 0 Å². The van der Waals surface area contributed by atoms with E-state index in [-0.39, 0.29) is 11.4 Å². The van der Waals surface area contributed by atoms with Gasteiger partial charge in [-0.15, -0.1) is 0 Å². The number of carbonyl (C=O) groups excluding carboxylic acids is 2. The van der Waals surface area contributed by atoms with Crippen LogP contribution in [-0.4, -0.2) is 79.5 Å². The van der Waals surface area contributed by atoms with Crippen LogP contribution < -0.4 is 4.90 Å². The van der Waals surface area contributed by atoms with E-state index < -0.39 is 0 Å².